The van der Waals surface area contributed by atoms with Gasteiger partial charge in [0.1, 0.15) is 5.82 Å². The summed E-state index contributed by atoms with van der Waals surface area (Å²) in [5.41, 5.74) is 1.10. The summed E-state index contributed by atoms with van der Waals surface area (Å²) in [7, 11) is 1.66. The van der Waals surface area contributed by atoms with Crippen molar-refractivity contribution in [2.24, 2.45) is 0 Å². The lowest BCUT2D eigenvalue weighted by Crippen LogP contribution is -2.10. The summed E-state index contributed by atoms with van der Waals surface area (Å²) in [6.45, 7) is 0.575. The highest BCUT2D eigenvalue weighted by atomic mass is 16.5. The van der Waals surface area contributed by atoms with Gasteiger partial charge in [-0.05, 0) is 43.5 Å². The second-order valence-electron chi connectivity index (χ2n) is 5.87. The van der Waals surface area contributed by atoms with Gasteiger partial charge in [-0.1, -0.05) is 12.2 Å². The first kappa shape index (κ1) is 16.4. The molecular weight excluding hydrogens is 306 g/mol. The lowest BCUT2D eigenvalue weighted by atomic mass is 9.93. The Kier molecular flexibility index (Phi) is 5.05. The van der Waals surface area contributed by atoms with Crippen molar-refractivity contribution in [1.29, 1.82) is 0 Å². The van der Waals surface area contributed by atoms with Crippen LogP contribution in [0.1, 0.15) is 47.2 Å². The van der Waals surface area contributed by atoms with Crippen LogP contribution in [-0.2, 0) is 11.2 Å². The van der Waals surface area contributed by atoms with Gasteiger partial charge < -0.3 is 9.84 Å². The maximum Gasteiger partial charge on any atom is 0.335 e. The maximum absolute atomic E-state index is 11.0. The largest absolute Gasteiger partial charge is 0.478 e. The molecule has 6 heteroatoms. The average Bonchev–Trinajstić information content (AvgIpc) is 3.05. The molecule has 0 fully saturated rings. The van der Waals surface area contributed by atoms with Crippen LogP contribution in [-0.4, -0.2) is 39.6 Å². The Labute approximate surface area is 140 Å². The van der Waals surface area contributed by atoms with Crippen molar-refractivity contribution in [1.82, 2.24) is 14.8 Å². The Bertz CT molecular complexity index is 734. The molecule has 0 saturated heterocycles. The zero-order valence-corrected chi connectivity index (χ0v) is 13.7. The molecule has 0 aliphatic heterocycles. The molecule has 0 unspecified atom stereocenters. The van der Waals surface area contributed by atoms with Crippen molar-refractivity contribution in [3.05, 3.63) is 53.6 Å². The molecule has 1 atom stereocenters. The molecular formula is C18H21N3O3. The van der Waals surface area contributed by atoms with Gasteiger partial charge in [0.2, 0.25) is 0 Å². The standard InChI is InChI=1S/C18H21N3O3/c1-24-12-11-16-19-17(13-5-3-2-4-6-13)21(20-16)15-9-7-14(8-10-15)18(22)23/h2-3,7-10,13H,4-6,11-12H2,1H3,(H,22,23)/t13-/m1/s1. The quantitative estimate of drug-likeness (QED) is 0.825. The summed E-state index contributed by atoms with van der Waals surface area (Å²) >= 11 is 0. The molecule has 0 saturated carbocycles. The molecule has 0 radical (unpaired) electrons. The van der Waals surface area contributed by atoms with E-state index in [1.54, 1.807) is 31.4 Å². The van der Waals surface area contributed by atoms with Crippen LogP contribution in [0.3, 0.4) is 0 Å². The summed E-state index contributed by atoms with van der Waals surface area (Å²) in [5.74, 6) is 1.09. The fourth-order valence-electron chi connectivity index (χ4n) is 2.90. The Morgan fingerprint density at radius 2 is 2.12 bits per heavy atom. The zero-order valence-electron chi connectivity index (χ0n) is 13.7. The average molecular weight is 327 g/mol. The number of rotatable bonds is 6. The molecule has 1 heterocycles. The molecule has 1 aliphatic rings. The molecule has 0 bridgehead atoms. The highest BCUT2D eigenvalue weighted by Gasteiger charge is 2.21. The van der Waals surface area contributed by atoms with E-state index in [0.29, 0.717) is 18.9 Å². The molecule has 6 nitrogen and oxygen atoms in total. The number of methoxy groups -OCH3 is 1. The van der Waals surface area contributed by atoms with E-state index in [1.165, 1.54) is 0 Å². The van der Waals surface area contributed by atoms with Crippen molar-refractivity contribution in [2.75, 3.05) is 13.7 Å². The number of benzene rings is 1. The first-order valence-corrected chi connectivity index (χ1v) is 8.12. The number of allylic oxidation sites excluding steroid dienone is 2. The maximum atomic E-state index is 11.0. The summed E-state index contributed by atoms with van der Waals surface area (Å²) in [4.78, 5) is 15.8. The SMILES string of the molecule is COCCc1nc([C@@H]2CC=CCC2)n(-c2ccc(C(=O)O)cc2)n1. The summed E-state index contributed by atoms with van der Waals surface area (Å²) in [6.07, 6.45) is 8.09. The van der Waals surface area contributed by atoms with Gasteiger partial charge in [-0.15, -0.1) is 0 Å². The Morgan fingerprint density at radius 1 is 1.33 bits per heavy atom. The molecule has 0 amide bonds. The second-order valence-corrected chi connectivity index (χ2v) is 5.87. The van der Waals surface area contributed by atoms with Crippen LogP contribution < -0.4 is 0 Å². The first-order valence-electron chi connectivity index (χ1n) is 8.12. The minimum atomic E-state index is -0.932. The number of nitrogens with zero attached hydrogens (tertiary/aromatic N) is 3. The van der Waals surface area contributed by atoms with E-state index in [-0.39, 0.29) is 5.56 Å². The molecule has 1 N–H and O–H groups in total. The zero-order chi connectivity index (χ0) is 16.9. The fourth-order valence-corrected chi connectivity index (χ4v) is 2.90. The van der Waals surface area contributed by atoms with E-state index in [2.05, 4.69) is 17.3 Å². The van der Waals surface area contributed by atoms with E-state index >= 15 is 0 Å². The van der Waals surface area contributed by atoms with Crippen LogP contribution in [0.25, 0.3) is 5.69 Å². The van der Waals surface area contributed by atoms with Crippen LogP contribution in [0.2, 0.25) is 0 Å². The van der Waals surface area contributed by atoms with E-state index < -0.39 is 5.97 Å². The van der Waals surface area contributed by atoms with Crippen molar-refractivity contribution in [2.45, 2.75) is 31.6 Å². The van der Waals surface area contributed by atoms with Gasteiger partial charge in [-0.25, -0.2) is 14.5 Å². The topological polar surface area (TPSA) is 77.2 Å². The molecule has 2 aromatic rings. The molecule has 1 aromatic carbocycles. The summed E-state index contributed by atoms with van der Waals surface area (Å²) in [5, 5.41) is 13.7. The van der Waals surface area contributed by atoms with Gasteiger partial charge in [0.15, 0.2) is 5.82 Å². The van der Waals surface area contributed by atoms with Gasteiger partial charge >= 0.3 is 5.97 Å². The third kappa shape index (κ3) is 3.54. The van der Waals surface area contributed by atoms with E-state index in [1.807, 2.05) is 4.68 Å². The molecule has 1 aromatic heterocycles. The number of aromatic carboxylic acids is 1. The van der Waals surface area contributed by atoms with Crippen LogP contribution in [0.4, 0.5) is 0 Å². The van der Waals surface area contributed by atoms with Gasteiger partial charge in [-0.3, -0.25) is 0 Å². The predicted molar refractivity (Wildman–Crippen MR) is 89.6 cm³/mol. The number of carbonyl (C=O) groups is 1. The monoisotopic (exact) mass is 327 g/mol. The smallest absolute Gasteiger partial charge is 0.335 e. The molecule has 1 aliphatic carbocycles. The Morgan fingerprint density at radius 3 is 2.75 bits per heavy atom. The number of ether oxygens (including phenoxy) is 1. The third-order valence-electron chi connectivity index (χ3n) is 4.20. The third-order valence-corrected chi connectivity index (χ3v) is 4.20. The number of aromatic nitrogens is 3. The number of carboxylic acids is 1. The number of carboxylic acid groups (broad SMARTS) is 1. The van der Waals surface area contributed by atoms with Crippen molar-refractivity contribution < 1.29 is 14.6 Å². The molecule has 0 spiro atoms. The highest BCUT2D eigenvalue weighted by molar-refractivity contribution is 5.87. The van der Waals surface area contributed by atoms with Crippen molar-refractivity contribution >= 4 is 5.97 Å². The van der Waals surface area contributed by atoms with Gasteiger partial charge in [0, 0.05) is 19.4 Å². The highest BCUT2D eigenvalue weighted by Crippen LogP contribution is 2.29. The van der Waals surface area contributed by atoms with Gasteiger partial charge in [-0.2, -0.15) is 5.10 Å². The van der Waals surface area contributed by atoms with Crippen LogP contribution >= 0.6 is 0 Å². The molecule has 24 heavy (non-hydrogen) atoms. The van der Waals surface area contributed by atoms with Crippen molar-refractivity contribution in [3.63, 3.8) is 0 Å². The minimum absolute atomic E-state index is 0.264. The number of hydrogen-bond acceptors (Lipinski definition) is 4. The minimum Gasteiger partial charge on any atom is -0.478 e. The lowest BCUT2D eigenvalue weighted by Gasteiger charge is -2.17. The molecule has 126 valence electrons. The Hall–Kier alpha value is -2.47. The summed E-state index contributed by atoms with van der Waals surface area (Å²) < 4.78 is 6.97. The molecule has 3 rings (SSSR count). The first-order chi connectivity index (χ1) is 11.7. The van der Waals surface area contributed by atoms with Crippen molar-refractivity contribution in [3.8, 4) is 5.69 Å². The lowest BCUT2D eigenvalue weighted by molar-refractivity contribution is 0.0697. The van der Waals surface area contributed by atoms with Crippen LogP contribution in [0.5, 0.6) is 0 Å². The van der Waals surface area contributed by atoms with E-state index in [9.17, 15) is 4.79 Å². The second kappa shape index (κ2) is 7.40. The van der Waals surface area contributed by atoms with E-state index in [0.717, 1.165) is 36.6 Å². The van der Waals surface area contributed by atoms with Gasteiger partial charge in [0.25, 0.3) is 0 Å². The van der Waals surface area contributed by atoms with E-state index in [4.69, 9.17) is 14.8 Å². The number of hydrogen-bond donors (Lipinski definition) is 1. The Balaban J connectivity index is 1.95. The van der Waals surface area contributed by atoms with Crippen LogP contribution in [0.15, 0.2) is 36.4 Å². The normalized spacial score (nSPS) is 17.1. The fraction of sp³-hybridized carbons (Fsp3) is 0.389. The van der Waals surface area contributed by atoms with Crippen LogP contribution in [0, 0.1) is 0 Å². The predicted octanol–water partition coefficient (Wildman–Crippen LogP) is 2.98. The van der Waals surface area contributed by atoms with Gasteiger partial charge in [0.05, 0.1) is 17.9 Å². The summed E-state index contributed by atoms with van der Waals surface area (Å²) in [6, 6.07) is 6.75.